The van der Waals surface area contributed by atoms with Crippen LogP contribution in [0.1, 0.15) is 32.2 Å². The average molecular weight is 317 g/mol. The van der Waals surface area contributed by atoms with Crippen LogP contribution in [0.15, 0.2) is 54.9 Å². The molecule has 3 nitrogen and oxygen atoms in total. The van der Waals surface area contributed by atoms with Crippen molar-refractivity contribution < 1.29 is 5.94 Å². The maximum absolute atomic E-state index is 8.34. The van der Waals surface area contributed by atoms with Gasteiger partial charge in [0.2, 0.25) is 5.69 Å². The lowest BCUT2D eigenvalue weighted by atomic mass is 9.98. The molecule has 0 radical (unpaired) electrons. The Bertz CT molecular complexity index is 1100. The predicted octanol–water partition coefficient (Wildman–Crippen LogP) is 4.41. The lowest BCUT2D eigenvalue weighted by Gasteiger charge is -2.09. The van der Waals surface area contributed by atoms with Crippen molar-refractivity contribution >= 4 is 16.7 Å². The number of fused-ring (bicyclic) bond motifs is 3. The molecule has 0 unspecified atom stereocenters. The van der Waals surface area contributed by atoms with Crippen LogP contribution in [-0.4, -0.2) is 9.38 Å². The Morgan fingerprint density at radius 2 is 2.00 bits per heavy atom. The molecule has 3 heterocycles. The normalized spacial score (nSPS) is 12.8. The van der Waals surface area contributed by atoms with Crippen LogP contribution >= 0.6 is 0 Å². The van der Waals surface area contributed by atoms with E-state index in [4.69, 9.17) is 6.35 Å². The summed E-state index contributed by atoms with van der Waals surface area (Å²) in [5.41, 5.74) is 7.54. The van der Waals surface area contributed by atoms with Crippen molar-refractivity contribution in [1.82, 2.24) is 9.38 Å². The highest BCUT2D eigenvalue weighted by molar-refractivity contribution is 5.86. The van der Waals surface area contributed by atoms with Crippen molar-refractivity contribution in [3.05, 3.63) is 66.0 Å². The number of hydrogen-bond acceptors (Lipinski definition) is 1. The Morgan fingerprint density at radius 3 is 2.79 bits per heavy atom. The van der Waals surface area contributed by atoms with Crippen molar-refractivity contribution in [2.24, 2.45) is 7.05 Å². The Kier molecular flexibility index (Phi) is 3.12. The van der Waals surface area contributed by atoms with Crippen LogP contribution < -0.4 is 4.57 Å². The van der Waals surface area contributed by atoms with Gasteiger partial charge in [0.1, 0.15) is 12.7 Å². The monoisotopic (exact) mass is 317 g/mol. The molecule has 3 heteroatoms. The van der Waals surface area contributed by atoms with Crippen molar-refractivity contribution in [1.29, 1.82) is 0 Å². The lowest BCUT2D eigenvalue weighted by Crippen LogP contribution is -2.30. The molecule has 0 saturated heterocycles. The SMILES string of the molecule is [2H]C(C)(C)c1cc[n+](C)c(-c2cc3nc4ccccn4c3cc2C)c1. The summed E-state index contributed by atoms with van der Waals surface area (Å²) in [6, 6.07) is 14.6. The van der Waals surface area contributed by atoms with Gasteiger partial charge in [0.25, 0.3) is 0 Å². The van der Waals surface area contributed by atoms with Gasteiger partial charge in [0.05, 0.1) is 16.6 Å². The second kappa shape index (κ2) is 5.45. The third-order valence-corrected chi connectivity index (χ3v) is 4.66. The maximum atomic E-state index is 8.34. The third kappa shape index (κ3) is 2.28. The number of hydrogen-bond donors (Lipinski definition) is 0. The van der Waals surface area contributed by atoms with Crippen molar-refractivity contribution in [2.75, 3.05) is 0 Å². The standard InChI is InChI=1S/C21H22N3/c1-14(2)16-8-10-23(4)19(12-16)17-13-18-20(11-15(17)3)24-9-6-5-7-21(24)22-18/h5-14H,1-4H3/q+1/i14D. The molecule has 0 aliphatic heterocycles. The molecule has 0 saturated carbocycles. The molecule has 1 aromatic carbocycles. The Labute approximate surface area is 143 Å². The van der Waals surface area contributed by atoms with E-state index in [1.165, 1.54) is 5.56 Å². The van der Waals surface area contributed by atoms with Crippen LogP contribution in [0.4, 0.5) is 0 Å². The first kappa shape index (κ1) is 13.7. The second-order valence-electron chi connectivity index (χ2n) is 6.61. The largest absolute Gasteiger partial charge is 0.300 e. The van der Waals surface area contributed by atoms with Crippen molar-refractivity contribution in [3.63, 3.8) is 0 Å². The van der Waals surface area contributed by atoms with Gasteiger partial charge in [-0.05, 0) is 48.2 Å². The summed E-state index contributed by atoms with van der Waals surface area (Å²) in [6.07, 6.45) is 4.08. The average Bonchev–Trinajstić information content (AvgIpc) is 2.91. The van der Waals surface area contributed by atoms with Crippen LogP contribution in [0, 0.1) is 6.92 Å². The van der Waals surface area contributed by atoms with Crippen molar-refractivity contribution in [3.8, 4) is 11.3 Å². The Balaban J connectivity index is 1.98. The van der Waals surface area contributed by atoms with Crippen LogP contribution in [-0.2, 0) is 7.05 Å². The second-order valence-corrected chi connectivity index (χ2v) is 6.61. The summed E-state index contributed by atoms with van der Waals surface area (Å²) in [7, 11) is 2.05. The number of benzene rings is 1. The molecule has 4 rings (SSSR count). The van der Waals surface area contributed by atoms with Gasteiger partial charge in [-0.3, -0.25) is 4.40 Å². The maximum Gasteiger partial charge on any atom is 0.212 e. The van der Waals surface area contributed by atoms with E-state index in [1.54, 1.807) is 0 Å². The molecule has 0 N–H and O–H groups in total. The molecule has 0 atom stereocenters. The lowest BCUT2D eigenvalue weighted by molar-refractivity contribution is -0.660. The highest BCUT2D eigenvalue weighted by Crippen LogP contribution is 2.28. The summed E-state index contributed by atoms with van der Waals surface area (Å²) >= 11 is 0. The fraction of sp³-hybridized carbons (Fsp3) is 0.238. The Morgan fingerprint density at radius 1 is 1.17 bits per heavy atom. The quantitative estimate of drug-likeness (QED) is 0.502. The molecule has 0 aliphatic rings. The zero-order chi connectivity index (χ0) is 17.8. The zero-order valence-electron chi connectivity index (χ0n) is 15.5. The van der Waals surface area contributed by atoms with E-state index in [0.717, 1.165) is 33.5 Å². The van der Waals surface area contributed by atoms with Gasteiger partial charge in [0, 0.05) is 19.7 Å². The molecule has 0 fully saturated rings. The number of aryl methyl sites for hydroxylation is 2. The van der Waals surface area contributed by atoms with E-state index in [2.05, 4.69) is 34.1 Å². The summed E-state index contributed by atoms with van der Waals surface area (Å²) in [5.74, 6) is -0.621. The van der Waals surface area contributed by atoms with Gasteiger partial charge in [-0.25, -0.2) is 9.55 Å². The number of nitrogens with zero attached hydrogens (tertiary/aromatic N) is 3. The summed E-state index contributed by atoms with van der Waals surface area (Å²) in [4.78, 5) is 4.76. The highest BCUT2D eigenvalue weighted by Gasteiger charge is 2.17. The molecule has 0 amide bonds. The molecule has 4 aromatic rings. The summed E-state index contributed by atoms with van der Waals surface area (Å²) in [6.45, 7) is 5.98. The smallest absolute Gasteiger partial charge is 0.212 e. The minimum atomic E-state index is -0.621. The van der Waals surface area contributed by atoms with Gasteiger partial charge in [-0.2, -0.15) is 0 Å². The summed E-state index contributed by atoms with van der Waals surface area (Å²) < 4.78 is 12.6. The fourth-order valence-electron chi connectivity index (χ4n) is 3.24. The van der Waals surface area contributed by atoms with Gasteiger partial charge >= 0.3 is 0 Å². The van der Waals surface area contributed by atoms with E-state index < -0.39 is 5.89 Å². The first-order chi connectivity index (χ1) is 11.8. The van der Waals surface area contributed by atoms with Gasteiger partial charge in [-0.1, -0.05) is 19.9 Å². The van der Waals surface area contributed by atoms with Crippen LogP contribution in [0.25, 0.3) is 27.9 Å². The first-order valence-electron chi connectivity index (χ1n) is 8.72. The summed E-state index contributed by atoms with van der Waals surface area (Å²) in [5, 5.41) is 0. The van der Waals surface area contributed by atoms with E-state index in [0.29, 0.717) is 0 Å². The number of pyridine rings is 2. The zero-order valence-corrected chi connectivity index (χ0v) is 14.5. The minimum absolute atomic E-state index is 0.621. The van der Waals surface area contributed by atoms with Crippen molar-refractivity contribution in [2.45, 2.75) is 26.7 Å². The molecule has 0 spiro atoms. The third-order valence-electron chi connectivity index (χ3n) is 4.66. The van der Waals surface area contributed by atoms with E-state index in [1.807, 2.05) is 57.6 Å². The van der Waals surface area contributed by atoms with Crippen LogP contribution in [0.2, 0.25) is 0 Å². The molecule has 24 heavy (non-hydrogen) atoms. The predicted molar refractivity (Wildman–Crippen MR) is 98.1 cm³/mol. The van der Waals surface area contributed by atoms with Crippen LogP contribution in [0.3, 0.4) is 0 Å². The van der Waals surface area contributed by atoms with E-state index in [9.17, 15) is 0 Å². The minimum Gasteiger partial charge on any atom is -0.300 e. The Hall–Kier alpha value is -2.68. The van der Waals surface area contributed by atoms with E-state index in [-0.39, 0.29) is 0 Å². The molecule has 120 valence electrons. The van der Waals surface area contributed by atoms with Gasteiger partial charge in [-0.15, -0.1) is 0 Å². The highest BCUT2D eigenvalue weighted by atomic mass is 15.0. The van der Waals surface area contributed by atoms with Gasteiger partial charge < -0.3 is 0 Å². The van der Waals surface area contributed by atoms with Gasteiger partial charge in [0.15, 0.2) is 6.20 Å². The molecule has 3 aromatic heterocycles. The molecule has 0 bridgehead atoms. The number of rotatable bonds is 2. The first-order valence-corrected chi connectivity index (χ1v) is 8.22. The molecular weight excluding hydrogens is 294 g/mol. The fourth-order valence-corrected chi connectivity index (χ4v) is 3.24. The molecule has 0 aliphatic carbocycles. The van der Waals surface area contributed by atoms with Crippen LogP contribution in [0.5, 0.6) is 0 Å². The number of imidazole rings is 1. The van der Waals surface area contributed by atoms with E-state index >= 15 is 0 Å². The number of aromatic nitrogens is 3. The molecular formula is C21H22N3+. The topological polar surface area (TPSA) is 21.2 Å².